The zero-order valence-corrected chi connectivity index (χ0v) is 21.0. The summed E-state index contributed by atoms with van der Waals surface area (Å²) in [5, 5.41) is 14.0. The second-order valence-electron chi connectivity index (χ2n) is 9.36. The molecular weight excluding hydrogens is 479 g/mol. The number of aliphatic hydroxyl groups is 1. The van der Waals surface area contributed by atoms with Crippen molar-refractivity contribution < 1.29 is 23.8 Å². The number of rotatable bonds is 1. The van der Waals surface area contributed by atoms with Crippen LogP contribution < -0.4 is 16.6 Å². The lowest BCUT2D eigenvalue weighted by molar-refractivity contribution is -0.157. The number of carbonyl (C=O) groups excluding carboxylic acids is 2. The van der Waals surface area contributed by atoms with Crippen molar-refractivity contribution in [2.75, 3.05) is 6.54 Å². The molecule has 2 unspecified atom stereocenters. The van der Waals surface area contributed by atoms with E-state index in [1.807, 2.05) is 13.8 Å². The molecule has 3 aliphatic heterocycles. The van der Waals surface area contributed by atoms with Crippen LogP contribution in [0.25, 0.3) is 22.3 Å². The van der Waals surface area contributed by atoms with E-state index in [1.165, 1.54) is 6.07 Å². The highest BCUT2D eigenvalue weighted by Crippen LogP contribution is 2.41. The molecule has 7 rings (SSSR count). The molecule has 9 nitrogen and oxygen atoms in total. The number of esters is 1. The van der Waals surface area contributed by atoms with Crippen LogP contribution in [0, 0.1) is 12.7 Å². The predicted octanol–water partition coefficient (Wildman–Crippen LogP) is 1.92. The number of nitrogens with two attached hydrogens (primary N) is 1. The van der Waals surface area contributed by atoms with Gasteiger partial charge in [0.25, 0.3) is 5.56 Å². The molecule has 0 bridgehead atoms. The Balaban J connectivity index is 0.000000306. The Bertz CT molecular complexity index is 1530. The van der Waals surface area contributed by atoms with Crippen molar-refractivity contribution in [3.05, 3.63) is 61.7 Å². The number of hydrogen-bond donors (Lipinski definition) is 3. The highest BCUT2D eigenvalue weighted by atomic mass is 19.1. The van der Waals surface area contributed by atoms with Gasteiger partial charge in [0.2, 0.25) is 5.91 Å². The molecule has 4 aliphatic rings. The molecule has 2 atom stereocenters. The van der Waals surface area contributed by atoms with Gasteiger partial charge in [-0.3, -0.25) is 9.59 Å². The summed E-state index contributed by atoms with van der Waals surface area (Å²) in [6.07, 6.45) is 1.12. The second-order valence-corrected chi connectivity index (χ2v) is 9.36. The van der Waals surface area contributed by atoms with Gasteiger partial charge in [0.1, 0.15) is 12.4 Å². The summed E-state index contributed by atoms with van der Waals surface area (Å²) in [5.41, 5.74) is 10.7. The average Bonchev–Trinajstić information content (AvgIpc) is 3.69. The van der Waals surface area contributed by atoms with Gasteiger partial charge < -0.3 is 25.5 Å². The Morgan fingerprint density at radius 3 is 2.54 bits per heavy atom. The number of aromatic nitrogens is 2. The fraction of sp³-hybridized carbons (Fsp3) is 0.407. The van der Waals surface area contributed by atoms with Crippen molar-refractivity contribution in [1.29, 1.82) is 0 Å². The van der Waals surface area contributed by atoms with Crippen molar-refractivity contribution in [3.8, 4) is 11.4 Å². The molecule has 4 N–H and O–H groups in total. The van der Waals surface area contributed by atoms with Gasteiger partial charge in [0, 0.05) is 29.1 Å². The van der Waals surface area contributed by atoms with Crippen molar-refractivity contribution in [2.45, 2.75) is 65.3 Å². The van der Waals surface area contributed by atoms with Crippen LogP contribution >= 0.6 is 0 Å². The molecular formula is C27H29FN4O5. The minimum absolute atomic E-state index is 0.00926. The number of cyclic esters (lactones) is 1. The molecule has 1 fully saturated rings. The number of benzene rings is 1. The van der Waals surface area contributed by atoms with Gasteiger partial charge in [-0.05, 0) is 48.9 Å². The molecule has 1 saturated heterocycles. The van der Waals surface area contributed by atoms with E-state index in [4.69, 9.17) is 15.5 Å². The van der Waals surface area contributed by atoms with Gasteiger partial charge in [-0.1, -0.05) is 13.8 Å². The zero-order valence-electron chi connectivity index (χ0n) is 21.0. The zero-order chi connectivity index (χ0) is 26.6. The highest BCUT2D eigenvalue weighted by Gasteiger charge is 2.35. The number of aliphatic hydroxyl groups excluding tert-OH is 1. The SMILES string of the molecule is CC.Cc1c(F)cc2nc3c(c4c2c1CCC4)Cn1c-3cc2c(c1=O)COC(=O)C2O.NC(=O)C1CN1. The number of pyridine rings is 2. The van der Waals surface area contributed by atoms with Crippen molar-refractivity contribution in [3.63, 3.8) is 0 Å². The number of nitrogens with zero attached hydrogens (tertiary/aromatic N) is 2. The number of hydrogen-bond acceptors (Lipinski definition) is 7. The Hall–Kier alpha value is -3.63. The summed E-state index contributed by atoms with van der Waals surface area (Å²) >= 11 is 0. The molecule has 0 spiro atoms. The molecule has 37 heavy (non-hydrogen) atoms. The maximum absolute atomic E-state index is 14.5. The Labute approximate surface area is 212 Å². The summed E-state index contributed by atoms with van der Waals surface area (Å²) in [5.74, 6) is -1.27. The summed E-state index contributed by atoms with van der Waals surface area (Å²) in [4.78, 5) is 39.5. The molecule has 0 radical (unpaired) electrons. The molecule has 1 amide bonds. The van der Waals surface area contributed by atoms with E-state index >= 15 is 0 Å². The van der Waals surface area contributed by atoms with Crippen LogP contribution in [-0.4, -0.2) is 39.1 Å². The molecule has 194 valence electrons. The third-order valence-corrected chi connectivity index (χ3v) is 7.29. The van der Waals surface area contributed by atoms with Crippen molar-refractivity contribution in [2.24, 2.45) is 5.73 Å². The first kappa shape index (κ1) is 25.0. The summed E-state index contributed by atoms with van der Waals surface area (Å²) < 4.78 is 21.1. The van der Waals surface area contributed by atoms with Crippen LogP contribution in [0.2, 0.25) is 0 Å². The number of halogens is 1. The van der Waals surface area contributed by atoms with Crippen LogP contribution in [0.5, 0.6) is 0 Å². The number of ether oxygens (including phenoxy) is 1. The summed E-state index contributed by atoms with van der Waals surface area (Å²) in [6.45, 7) is 6.82. The smallest absolute Gasteiger partial charge is 0.340 e. The molecule has 2 aromatic heterocycles. The van der Waals surface area contributed by atoms with Crippen molar-refractivity contribution >= 4 is 22.8 Å². The van der Waals surface area contributed by atoms with Gasteiger partial charge in [-0.2, -0.15) is 0 Å². The van der Waals surface area contributed by atoms with E-state index in [-0.39, 0.29) is 35.5 Å². The number of carbonyl (C=O) groups is 2. The van der Waals surface area contributed by atoms with Gasteiger partial charge in [-0.15, -0.1) is 0 Å². The first-order chi connectivity index (χ1) is 17.8. The van der Waals surface area contributed by atoms with E-state index in [1.54, 1.807) is 17.6 Å². The highest BCUT2D eigenvalue weighted by molar-refractivity contribution is 5.92. The van der Waals surface area contributed by atoms with Gasteiger partial charge in [-0.25, -0.2) is 14.2 Å². The van der Waals surface area contributed by atoms with E-state index in [9.17, 15) is 23.9 Å². The van der Waals surface area contributed by atoms with Crippen LogP contribution in [0.3, 0.4) is 0 Å². The lowest BCUT2D eigenvalue weighted by Gasteiger charge is -2.22. The minimum Gasteiger partial charge on any atom is -0.458 e. The van der Waals surface area contributed by atoms with Crippen LogP contribution in [-0.2, 0) is 40.3 Å². The molecule has 10 heteroatoms. The number of aryl methyl sites for hydroxylation is 2. The standard InChI is InChI=1S/C22H17FN2O4.C3H6N2O.C2H6/c1-9-10-3-2-4-11-13-7-25-17(19(13)24-16(18(10)11)6-15(9)23)5-12-14(21(25)27)8-29-22(28)20(12)26;4-3(6)2-1-5-2;1-2/h5-6,20,26H,2-4,7-8H2,1H3;2,5H,1H2,(H2,4,6);1-2H3. The first-order valence-corrected chi connectivity index (χ1v) is 12.5. The summed E-state index contributed by atoms with van der Waals surface area (Å²) in [7, 11) is 0. The maximum Gasteiger partial charge on any atom is 0.340 e. The molecule has 1 aliphatic carbocycles. The number of amides is 1. The van der Waals surface area contributed by atoms with Crippen LogP contribution in [0.4, 0.5) is 4.39 Å². The molecule has 1 aromatic carbocycles. The quantitative estimate of drug-likeness (QED) is 0.263. The van der Waals surface area contributed by atoms with E-state index in [0.29, 0.717) is 34.6 Å². The first-order valence-electron chi connectivity index (χ1n) is 12.5. The van der Waals surface area contributed by atoms with Crippen molar-refractivity contribution in [1.82, 2.24) is 14.9 Å². The largest absolute Gasteiger partial charge is 0.458 e. The lowest BCUT2D eigenvalue weighted by atomic mass is 9.85. The maximum atomic E-state index is 14.5. The Morgan fingerprint density at radius 2 is 1.89 bits per heavy atom. The fourth-order valence-corrected chi connectivity index (χ4v) is 5.32. The van der Waals surface area contributed by atoms with Crippen LogP contribution in [0.15, 0.2) is 16.9 Å². The van der Waals surface area contributed by atoms with E-state index < -0.39 is 12.1 Å². The third kappa shape index (κ3) is 4.00. The van der Waals surface area contributed by atoms with E-state index in [0.717, 1.165) is 47.9 Å². The summed E-state index contributed by atoms with van der Waals surface area (Å²) in [6, 6.07) is 3.12. The van der Waals surface area contributed by atoms with Gasteiger partial charge >= 0.3 is 5.97 Å². The average molecular weight is 509 g/mol. The van der Waals surface area contributed by atoms with Gasteiger partial charge in [0.05, 0.1) is 35.1 Å². The minimum atomic E-state index is -1.48. The normalized spacial score (nSPS) is 19.9. The topological polar surface area (TPSA) is 146 Å². The van der Waals surface area contributed by atoms with E-state index in [2.05, 4.69) is 5.32 Å². The molecule has 0 saturated carbocycles. The molecule has 5 heterocycles. The second kappa shape index (κ2) is 9.35. The molecule has 3 aromatic rings. The monoisotopic (exact) mass is 508 g/mol. The Morgan fingerprint density at radius 1 is 1.19 bits per heavy atom. The fourth-order valence-electron chi connectivity index (χ4n) is 5.32. The van der Waals surface area contributed by atoms with Gasteiger partial charge in [0.15, 0.2) is 6.10 Å². The number of primary amides is 1. The number of nitrogens with one attached hydrogen (secondary N) is 1. The van der Waals surface area contributed by atoms with Crippen LogP contribution in [0.1, 0.15) is 59.8 Å². The predicted molar refractivity (Wildman–Crippen MR) is 134 cm³/mol. The Kier molecular flexibility index (Phi) is 6.33. The third-order valence-electron chi connectivity index (χ3n) is 7.29. The number of fused-ring (bicyclic) bond motifs is 5. The lowest BCUT2D eigenvalue weighted by Crippen LogP contribution is -2.32.